The molecular weight excluding hydrogens is 218 g/mol. The first-order valence-electron chi connectivity index (χ1n) is 5.39. The van der Waals surface area contributed by atoms with Crippen molar-refractivity contribution < 1.29 is 0 Å². The molecule has 0 saturated heterocycles. The second kappa shape index (κ2) is 4.80. The largest absolute Gasteiger partial charge is 0.308 e. The molecule has 0 amide bonds. The van der Waals surface area contributed by atoms with Crippen LogP contribution in [0.1, 0.15) is 20.9 Å². The molecule has 0 aliphatic heterocycles. The minimum atomic E-state index is 0.879. The average molecular weight is 235 g/mol. The smallest absolute Gasteiger partial charge is 0.0534 e. The Morgan fingerprint density at radius 1 is 1.38 bits per heavy atom. The molecule has 0 aliphatic rings. The summed E-state index contributed by atoms with van der Waals surface area (Å²) in [6.45, 7) is 6.15. The Balaban J connectivity index is 1.84. The molecule has 4 heteroatoms. The molecular formula is C12H17N3S. The number of hydrogen-bond acceptors (Lipinski definition) is 3. The number of aryl methyl sites for hydroxylation is 3. The first-order chi connectivity index (χ1) is 7.65. The zero-order valence-corrected chi connectivity index (χ0v) is 10.8. The molecule has 0 unspecified atom stereocenters. The van der Waals surface area contributed by atoms with E-state index < -0.39 is 0 Å². The summed E-state index contributed by atoms with van der Waals surface area (Å²) in [6, 6.07) is 2.26. The first-order valence-corrected chi connectivity index (χ1v) is 6.21. The highest BCUT2D eigenvalue weighted by atomic mass is 32.1. The van der Waals surface area contributed by atoms with Crippen LogP contribution in [-0.4, -0.2) is 9.78 Å². The minimum absolute atomic E-state index is 0.879. The molecule has 2 aromatic rings. The van der Waals surface area contributed by atoms with Crippen molar-refractivity contribution in [2.75, 3.05) is 0 Å². The van der Waals surface area contributed by atoms with Gasteiger partial charge in [0.1, 0.15) is 0 Å². The number of hydrogen-bond donors (Lipinski definition) is 1. The second-order valence-electron chi connectivity index (χ2n) is 4.08. The van der Waals surface area contributed by atoms with E-state index >= 15 is 0 Å². The van der Waals surface area contributed by atoms with Crippen molar-refractivity contribution >= 4 is 11.3 Å². The van der Waals surface area contributed by atoms with Crippen LogP contribution in [-0.2, 0) is 20.1 Å². The molecule has 1 N–H and O–H groups in total. The summed E-state index contributed by atoms with van der Waals surface area (Å²) in [5, 5.41) is 7.57. The first kappa shape index (κ1) is 11.4. The predicted octanol–water partition coefficient (Wildman–Crippen LogP) is 2.39. The number of rotatable bonds is 4. The van der Waals surface area contributed by atoms with Gasteiger partial charge < -0.3 is 5.32 Å². The molecule has 16 heavy (non-hydrogen) atoms. The molecule has 86 valence electrons. The molecule has 0 fully saturated rings. The Kier molecular flexibility index (Phi) is 3.41. The van der Waals surface area contributed by atoms with Crippen LogP contribution in [0.4, 0.5) is 0 Å². The fourth-order valence-electron chi connectivity index (χ4n) is 1.63. The lowest BCUT2D eigenvalue weighted by Crippen LogP contribution is -2.11. The highest BCUT2D eigenvalue weighted by Gasteiger charge is 2.01. The fourth-order valence-corrected chi connectivity index (χ4v) is 2.65. The third-order valence-electron chi connectivity index (χ3n) is 2.60. The Labute approximate surface area is 100 Å². The number of nitrogens with one attached hydrogen (secondary N) is 1. The van der Waals surface area contributed by atoms with Gasteiger partial charge in [-0.05, 0) is 25.5 Å². The molecule has 2 heterocycles. The number of nitrogens with zero attached hydrogens (tertiary/aromatic N) is 2. The molecule has 0 aliphatic carbocycles. The van der Waals surface area contributed by atoms with Crippen LogP contribution in [0.3, 0.4) is 0 Å². The summed E-state index contributed by atoms with van der Waals surface area (Å²) in [7, 11) is 1.94. The lowest BCUT2D eigenvalue weighted by atomic mass is 10.3. The summed E-state index contributed by atoms with van der Waals surface area (Å²) in [4.78, 5) is 2.82. The fraction of sp³-hybridized carbons (Fsp3) is 0.417. The van der Waals surface area contributed by atoms with Crippen LogP contribution in [0, 0.1) is 13.8 Å². The van der Waals surface area contributed by atoms with E-state index in [1.54, 1.807) is 0 Å². The van der Waals surface area contributed by atoms with Crippen molar-refractivity contribution in [1.82, 2.24) is 15.1 Å². The summed E-state index contributed by atoms with van der Waals surface area (Å²) < 4.78 is 1.83. The molecule has 3 nitrogen and oxygen atoms in total. The van der Waals surface area contributed by atoms with Crippen molar-refractivity contribution in [2.45, 2.75) is 26.9 Å². The quantitative estimate of drug-likeness (QED) is 0.882. The van der Waals surface area contributed by atoms with Crippen LogP contribution in [0.2, 0.25) is 0 Å². The predicted molar refractivity (Wildman–Crippen MR) is 67.5 cm³/mol. The van der Waals surface area contributed by atoms with Crippen molar-refractivity contribution in [3.05, 3.63) is 39.3 Å². The van der Waals surface area contributed by atoms with Crippen LogP contribution in [0.15, 0.2) is 18.5 Å². The monoisotopic (exact) mass is 235 g/mol. The maximum atomic E-state index is 4.14. The summed E-state index contributed by atoms with van der Waals surface area (Å²) in [5.41, 5.74) is 2.62. The van der Waals surface area contributed by atoms with Gasteiger partial charge in [-0.25, -0.2) is 0 Å². The van der Waals surface area contributed by atoms with E-state index in [1.807, 2.05) is 35.5 Å². The van der Waals surface area contributed by atoms with Gasteiger partial charge in [0, 0.05) is 41.7 Å². The van der Waals surface area contributed by atoms with E-state index in [0.717, 1.165) is 13.1 Å². The van der Waals surface area contributed by atoms with Crippen molar-refractivity contribution in [3.8, 4) is 0 Å². The molecule has 0 spiro atoms. The minimum Gasteiger partial charge on any atom is -0.308 e. The summed E-state index contributed by atoms with van der Waals surface area (Å²) in [5.74, 6) is 0. The third kappa shape index (κ3) is 2.71. The topological polar surface area (TPSA) is 29.9 Å². The van der Waals surface area contributed by atoms with Crippen LogP contribution >= 0.6 is 11.3 Å². The van der Waals surface area contributed by atoms with Gasteiger partial charge in [0.25, 0.3) is 0 Å². The Morgan fingerprint density at radius 3 is 2.75 bits per heavy atom. The zero-order chi connectivity index (χ0) is 11.5. The van der Waals surface area contributed by atoms with Gasteiger partial charge in [-0.1, -0.05) is 0 Å². The van der Waals surface area contributed by atoms with Crippen molar-refractivity contribution in [1.29, 1.82) is 0 Å². The summed E-state index contributed by atoms with van der Waals surface area (Å²) >= 11 is 1.87. The molecule has 0 atom stereocenters. The summed E-state index contributed by atoms with van der Waals surface area (Å²) in [6.07, 6.45) is 3.94. The normalized spacial score (nSPS) is 10.9. The van der Waals surface area contributed by atoms with Crippen molar-refractivity contribution in [2.24, 2.45) is 7.05 Å². The molecule has 2 rings (SSSR count). The van der Waals surface area contributed by atoms with Gasteiger partial charge in [0.15, 0.2) is 0 Å². The lowest BCUT2D eigenvalue weighted by molar-refractivity contribution is 0.699. The molecule has 2 aromatic heterocycles. The maximum absolute atomic E-state index is 4.14. The van der Waals surface area contributed by atoms with E-state index in [9.17, 15) is 0 Å². The maximum Gasteiger partial charge on any atom is 0.0534 e. The van der Waals surface area contributed by atoms with E-state index in [0.29, 0.717) is 0 Å². The van der Waals surface area contributed by atoms with E-state index in [-0.39, 0.29) is 0 Å². The van der Waals surface area contributed by atoms with Gasteiger partial charge in [-0.15, -0.1) is 11.3 Å². The average Bonchev–Trinajstić information content (AvgIpc) is 2.75. The van der Waals surface area contributed by atoms with Gasteiger partial charge in [-0.3, -0.25) is 4.68 Å². The Hall–Kier alpha value is -1.13. The van der Waals surface area contributed by atoms with Crippen LogP contribution in [0.25, 0.3) is 0 Å². The Bertz CT molecular complexity index is 451. The highest BCUT2D eigenvalue weighted by Crippen LogP contribution is 2.20. The highest BCUT2D eigenvalue weighted by molar-refractivity contribution is 7.12. The third-order valence-corrected chi connectivity index (χ3v) is 3.76. The molecule has 0 saturated carbocycles. The van der Waals surface area contributed by atoms with Crippen LogP contribution in [0.5, 0.6) is 0 Å². The molecule has 0 radical (unpaired) electrons. The second-order valence-corrected chi connectivity index (χ2v) is 5.42. The van der Waals surface area contributed by atoms with E-state index in [1.165, 1.54) is 20.9 Å². The molecule has 0 aromatic carbocycles. The van der Waals surface area contributed by atoms with Gasteiger partial charge in [0.05, 0.1) is 6.20 Å². The zero-order valence-electron chi connectivity index (χ0n) is 9.95. The van der Waals surface area contributed by atoms with Gasteiger partial charge in [-0.2, -0.15) is 5.10 Å². The standard InChI is InChI=1S/C12H17N3S/c1-9-4-12(16-10(9)2)7-13-5-11-6-14-15(3)8-11/h4,6,8,13H,5,7H2,1-3H3. The SMILES string of the molecule is Cc1cc(CNCc2cnn(C)c2)sc1C. The van der Waals surface area contributed by atoms with Gasteiger partial charge in [0.2, 0.25) is 0 Å². The number of thiophene rings is 1. The van der Waals surface area contributed by atoms with Crippen molar-refractivity contribution in [3.63, 3.8) is 0 Å². The van der Waals surface area contributed by atoms with Gasteiger partial charge >= 0.3 is 0 Å². The van der Waals surface area contributed by atoms with E-state index in [2.05, 4.69) is 30.3 Å². The number of aromatic nitrogens is 2. The Morgan fingerprint density at radius 2 is 2.19 bits per heavy atom. The van der Waals surface area contributed by atoms with E-state index in [4.69, 9.17) is 0 Å². The van der Waals surface area contributed by atoms with Crippen LogP contribution < -0.4 is 5.32 Å². The lowest BCUT2D eigenvalue weighted by Gasteiger charge is -1.99. The molecule has 0 bridgehead atoms.